The Morgan fingerprint density at radius 2 is 1.95 bits per heavy atom. The highest BCUT2D eigenvalue weighted by Crippen LogP contribution is 2.24. The lowest BCUT2D eigenvalue weighted by Crippen LogP contribution is -2.09. The van der Waals surface area contributed by atoms with Crippen LogP contribution in [0.25, 0.3) is 11.1 Å². The normalized spacial score (nSPS) is 10.8. The first-order valence-corrected chi connectivity index (χ1v) is 6.78. The molecule has 7 nitrogen and oxygen atoms in total. The first-order chi connectivity index (χ1) is 10.5. The van der Waals surface area contributed by atoms with E-state index in [1.54, 1.807) is 12.4 Å². The Bertz CT molecular complexity index is 837. The highest BCUT2D eigenvalue weighted by Gasteiger charge is 2.15. The SMILES string of the molecule is Cc1nc(C(=N)c2cc(-c3c[nH]c(N)c3)cnc2N)[nH]c1C. The van der Waals surface area contributed by atoms with Gasteiger partial charge in [-0.1, -0.05) is 0 Å². The molecule has 7 N–H and O–H groups in total. The molecule has 0 fully saturated rings. The van der Waals surface area contributed by atoms with Crippen LogP contribution in [0.5, 0.6) is 0 Å². The van der Waals surface area contributed by atoms with Gasteiger partial charge < -0.3 is 21.4 Å². The topological polar surface area (TPSA) is 133 Å². The van der Waals surface area contributed by atoms with E-state index in [0.717, 1.165) is 22.5 Å². The molecule has 3 aromatic rings. The minimum atomic E-state index is 0.214. The van der Waals surface area contributed by atoms with E-state index in [-0.39, 0.29) is 5.71 Å². The summed E-state index contributed by atoms with van der Waals surface area (Å²) in [5.74, 6) is 1.35. The number of H-pyrrole nitrogens is 2. The molecule has 3 heterocycles. The van der Waals surface area contributed by atoms with Crippen molar-refractivity contribution in [1.82, 2.24) is 19.9 Å². The van der Waals surface area contributed by atoms with Crippen LogP contribution in [0.2, 0.25) is 0 Å². The van der Waals surface area contributed by atoms with E-state index >= 15 is 0 Å². The molecular formula is C15H17N7. The number of nitrogen functional groups attached to an aromatic ring is 2. The summed E-state index contributed by atoms with van der Waals surface area (Å²) in [7, 11) is 0. The Morgan fingerprint density at radius 3 is 2.55 bits per heavy atom. The number of pyridine rings is 1. The van der Waals surface area contributed by atoms with Crippen LogP contribution < -0.4 is 11.5 Å². The van der Waals surface area contributed by atoms with E-state index in [0.29, 0.717) is 23.0 Å². The fourth-order valence-electron chi connectivity index (χ4n) is 2.21. The van der Waals surface area contributed by atoms with Gasteiger partial charge in [0.25, 0.3) is 0 Å². The molecule has 0 bridgehead atoms. The van der Waals surface area contributed by atoms with Crippen molar-refractivity contribution >= 4 is 17.3 Å². The Kier molecular flexibility index (Phi) is 3.17. The Labute approximate surface area is 127 Å². The molecule has 22 heavy (non-hydrogen) atoms. The van der Waals surface area contributed by atoms with Crippen molar-refractivity contribution in [3.8, 4) is 11.1 Å². The zero-order valence-corrected chi connectivity index (χ0v) is 12.4. The first kappa shape index (κ1) is 13.9. The molecule has 3 aromatic heterocycles. The number of nitrogens with zero attached hydrogens (tertiary/aromatic N) is 2. The van der Waals surface area contributed by atoms with Crippen LogP contribution in [0.1, 0.15) is 22.8 Å². The van der Waals surface area contributed by atoms with E-state index in [9.17, 15) is 0 Å². The molecule has 112 valence electrons. The largest absolute Gasteiger partial charge is 0.385 e. The van der Waals surface area contributed by atoms with Crippen LogP contribution in [0, 0.1) is 19.3 Å². The van der Waals surface area contributed by atoms with E-state index < -0.39 is 0 Å². The van der Waals surface area contributed by atoms with Gasteiger partial charge in [0.2, 0.25) is 0 Å². The Morgan fingerprint density at radius 1 is 1.18 bits per heavy atom. The third kappa shape index (κ3) is 2.32. The summed E-state index contributed by atoms with van der Waals surface area (Å²) >= 11 is 0. The summed E-state index contributed by atoms with van der Waals surface area (Å²) in [6.07, 6.45) is 3.45. The van der Waals surface area contributed by atoms with Crippen LogP contribution in [-0.2, 0) is 0 Å². The molecule has 0 aliphatic rings. The van der Waals surface area contributed by atoms with Gasteiger partial charge in [-0.05, 0) is 26.0 Å². The monoisotopic (exact) mass is 295 g/mol. The average molecular weight is 295 g/mol. The van der Waals surface area contributed by atoms with Gasteiger partial charge in [0.1, 0.15) is 17.3 Å². The van der Waals surface area contributed by atoms with E-state index in [1.165, 1.54) is 0 Å². The van der Waals surface area contributed by atoms with Gasteiger partial charge in [0, 0.05) is 34.8 Å². The second kappa shape index (κ2) is 5.03. The smallest absolute Gasteiger partial charge is 0.156 e. The summed E-state index contributed by atoms with van der Waals surface area (Å²) in [4.78, 5) is 14.5. The highest BCUT2D eigenvalue weighted by molar-refractivity contribution is 6.11. The van der Waals surface area contributed by atoms with Gasteiger partial charge in [-0.2, -0.15) is 0 Å². The molecule has 0 spiro atoms. The molecule has 0 radical (unpaired) electrons. The quantitative estimate of drug-likeness (QED) is 0.472. The fraction of sp³-hybridized carbons (Fsp3) is 0.133. The lowest BCUT2D eigenvalue weighted by molar-refractivity contribution is 1.20. The van der Waals surface area contributed by atoms with Gasteiger partial charge in [0.15, 0.2) is 5.82 Å². The molecule has 0 atom stereocenters. The number of aromatic nitrogens is 4. The number of nitrogens with one attached hydrogen (secondary N) is 3. The molecular weight excluding hydrogens is 278 g/mol. The predicted octanol–water partition coefficient (Wildman–Crippen LogP) is 2.00. The zero-order valence-electron chi connectivity index (χ0n) is 12.4. The van der Waals surface area contributed by atoms with E-state index in [4.69, 9.17) is 16.9 Å². The van der Waals surface area contributed by atoms with Gasteiger partial charge in [-0.15, -0.1) is 0 Å². The molecule has 0 aromatic carbocycles. The summed E-state index contributed by atoms with van der Waals surface area (Å²) in [6, 6.07) is 3.63. The predicted molar refractivity (Wildman–Crippen MR) is 86.8 cm³/mol. The van der Waals surface area contributed by atoms with Gasteiger partial charge in [-0.25, -0.2) is 9.97 Å². The van der Waals surface area contributed by atoms with Crippen LogP contribution in [-0.4, -0.2) is 25.6 Å². The number of rotatable bonds is 3. The maximum absolute atomic E-state index is 8.34. The molecule has 0 aliphatic heterocycles. The minimum Gasteiger partial charge on any atom is -0.385 e. The molecule has 7 heteroatoms. The molecule has 3 rings (SSSR count). The maximum atomic E-state index is 8.34. The van der Waals surface area contributed by atoms with Gasteiger partial charge in [0.05, 0.1) is 5.69 Å². The van der Waals surface area contributed by atoms with Crippen molar-refractivity contribution in [3.63, 3.8) is 0 Å². The van der Waals surface area contributed by atoms with Crippen molar-refractivity contribution in [2.75, 3.05) is 11.5 Å². The number of nitrogens with two attached hydrogens (primary N) is 2. The first-order valence-electron chi connectivity index (χ1n) is 6.78. The summed E-state index contributed by atoms with van der Waals surface area (Å²) in [5.41, 5.74) is 15.9. The third-order valence-corrected chi connectivity index (χ3v) is 3.59. The minimum absolute atomic E-state index is 0.214. The maximum Gasteiger partial charge on any atom is 0.156 e. The number of aryl methyl sites for hydroxylation is 2. The van der Waals surface area contributed by atoms with Crippen LogP contribution in [0.3, 0.4) is 0 Å². The van der Waals surface area contributed by atoms with Crippen LogP contribution in [0.4, 0.5) is 11.6 Å². The summed E-state index contributed by atoms with van der Waals surface area (Å²) in [5, 5.41) is 8.34. The van der Waals surface area contributed by atoms with Crippen molar-refractivity contribution in [2.45, 2.75) is 13.8 Å². The molecule has 0 aliphatic carbocycles. The third-order valence-electron chi connectivity index (χ3n) is 3.59. The van der Waals surface area contributed by atoms with Crippen LogP contribution >= 0.6 is 0 Å². The lowest BCUT2D eigenvalue weighted by Gasteiger charge is -2.07. The Hall–Kier alpha value is -3.09. The zero-order chi connectivity index (χ0) is 15.9. The van der Waals surface area contributed by atoms with Crippen molar-refractivity contribution in [3.05, 3.63) is 47.3 Å². The van der Waals surface area contributed by atoms with Crippen molar-refractivity contribution in [2.24, 2.45) is 0 Å². The van der Waals surface area contributed by atoms with E-state index in [2.05, 4.69) is 19.9 Å². The molecule has 0 amide bonds. The van der Waals surface area contributed by atoms with E-state index in [1.807, 2.05) is 26.0 Å². The summed E-state index contributed by atoms with van der Waals surface area (Å²) < 4.78 is 0. The number of aromatic amines is 2. The average Bonchev–Trinajstić information content (AvgIpc) is 3.06. The second-order valence-corrected chi connectivity index (χ2v) is 5.17. The molecule has 0 saturated heterocycles. The number of anilines is 2. The van der Waals surface area contributed by atoms with Gasteiger partial charge >= 0.3 is 0 Å². The number of hydrogen-bond acceptors (Lipinski definition) is 5. The number of imidazole rings is 1. The highest BCUT2D eigenvalue weighted by atomic mass is 14.9. The van der Waals surface area contributed by atoms with Gasteiger partial charge in [-0.3, -0.25) is 5.41 Å². The molecule has 0 unspecified atom stereocenters. The van der Waals surface area contributed by atoms with Crippen LogP contribution in [0.15, 0.2) is 24.5 Å². The van der Waals surface area contributed by atoms with Crippen molar-refractivity contribution in [1.29, 1.82) is 5.41 Å². The number of hydrogen-bond donors (Lipinski definition) is 5. The standard InChI is InChI=1S/C15H17N7/c1-7-8(2)22-15(21-7)13(17)11-3-9(6-20-14(11)18)10-4-12(16)19-5-10/h3-6,17,19H,16H2,1-2H3,(H2,18,20)(H,21,22). The molecule has 0 saturated carbocycles. The second-order valence-electron chi connectivity index (χ2n) is 5.17. The lowest BCUT2D eigenvalue weighted by atomic mass is 10.1. The summed E-state index contributed by atoms with van der Waals surface area (Å²) in [6.45, 7) is 3.81. The Balaban J connectivity index is 2.04. The fourth-order valence-corrected chi connectivity index (χ4v) is 2.21. The van der Waals surface area contributed by atoms with Crippen molar-refractivity contribution < 1.29 is 0 Å².